The molecule has 6 unspecified atom stereocenters. The van der Waals surface area contributed by atoms with Crippen LogP contribution in [0.5, 0.6) is 17.2 Å². The molecule has 1 aliphatic heterocycles. The van der Waals surface area contributed by atoms with Gasteiger partial charge in [0.05, 0.1) is 18.2 Å². The number of likely N-dealkylation sites (N-methyl/N-ethyl adjacent to an activating group) is 1. The molecule has 0 aromatic heterocycles. The third kappa shape index (κ3) is 8.43. The quantitative estimate of drug-likeness (QED) is 0.0893. The molecule has 3 aliphatic carbocycles. The van der Waals surface area contributed by atoms with E-state index in [0.29, 0.717) is 25.2 Å². The number of carbonyl (C=O) groups excluding carboxylic acids is 1. The topological polar surface area (TPSA) is 110 Å². The molecule has 0 radical (unpaired) electrons. The summed E-state index contributed by atoms with van der Waals surface area (Å²) in [7, 11) is 3.47. The van der Waals surface area contributed by atoms with Crippen molar-refractivity contribution >= 4 is 11.6 Å². The van der Waals surface area contributed by atoms with Gasteiger partial charge in [-0.3, -0.25) is 4.79 Å². The second-order valence-corrected chi connectivity index (χ2v) is 16.0. The summed E-state index contributed by atoms with van der Waals surface area (Å²) in [4.78, 5) is 21.6. The van der Waals surface area contributed by atoms with Crippen LogP contribution < -0.4 is 9.47 Å². The van der Waals surface area contributed by atoms with E-state index in [4.69, 9.17) is 19.0 Å². The molecule has 0 saturated heterocycles. The Morgan fingerprint density at radius 1 is 1.00 bits per heavy atom. The number of hydrogen-bond acceptors (Lipinski definition) is 8. The van der Waals surface area contributed by atoms with Gasteiger partial charge in [0.15, 0.2) is 0 Å². The van der Waals surface area contributed by atoms with Crippen LogP contribution in [0.15, 0.2) is 65.9 Å². The van der Waals surface area contributed by atoms with Gasteiger partial charge in [-0.1, -0.05) is 61.9 Å². The number of fused-ring (bicyclic) bond motifs is 2. The van der Waals surface area contributed by atoms with Gasteiger partial charge in [0.2, 0.25) is 11.7 Å². The van der Waals surface area contributed by atoms with Crippen LogP contribution in [0.4, 0.5) is 0 Å². The summed E-state index contributed by atoms with van der Waals surface area (Å²) in [6.45, 7) is 8.73. The minimum absolute atomic E-state index is 0.0814. The van der Waals surface area contributed by atoms with E-state index in [1.165, 1.54) is 31.2 Å². The second kappa shape index (κ2) is 18.3. The molecule has 9 nitrogen and oxygen atoms in total. The summed E-state index contributed by atoms with van der Waals surface area (Å²) >= 11 is 0. The first kappa shape index (κ1) is 40.0. The second-order valence-electron chi connectivity index (χ2n) is 16.0. The van der Waals surface area contributed by atoms with Gasteiger partial charge in [-0.15, -0.1) is 6.58 Å². The van der Waals surface area contributed by atoms with Crippen molar-refractivity contribution in [2.24, 2.45) is 28.8 Å². The van der Waals surface area contributed by atoms with Crippen LogP contribution >= 0.6 is 0 Å². The van der Waals surface area contributed by atoms with Crippen molar-refractivity contribution in [3.05, 3.63) is 77.4 Å². The van der Waals surface area contributed by atoms with Crippen molar-refractivity contribution in [3.8, 4) is 17.2 Å². The monoisotopic (exact) mass is 742 g/mol. The number of aryl methyl sites for hydroxylation is 2. The molecule has 0 spiro atoms. The number of aliphatic hydroxyl groups is 2. The lowest BCUT2D eigenvalue weighted by molar-refractivity contribution is -0.255. The molecule has 2 saturated carbocycles. The number of amides is 1. The largest absolute Gasteiger partial charge is 0.459 e. The fourth-order valence-corrected chi connectivity index (χ4v) is 9.79. The number of carbonyl (C=O) groups is 1. The zero-order chi connectivity index (χ0) is 38.2. The van der Waals surface area contributed by atoms with E-state index in [-0.39, 0.29) is 49.4 Å². The predicted molar refractivity (Wildman–Crippen MR) is 212 cm³/mol. The van der Waals surface area contributed by atoms with Gasteiger partial charge in [0.25, 0.3) is 0 Å². The average molecular weight is 743 g/mol. The third-order valence-corrected chi connectivity index (χ3v) is 12.7. The molecule has 294 valence electrons. The Hall–Kier alpha value is -3.66. The molecule has 2 fully saturated rings. The number of oxime groups is 1. The van der Waals surface area contributed by atoms with E-state index < -0.39 is 11.8 Å². The molecule has 1 heterocycles. The molecule has 2 aromatic carbocycles. The summed E-state index contributed by atoms with van der Waals surface area (Å²) in [5.41, 5.74) is 5.25. The Morgan fingerprint density at radius 3 is 2.43 bits per heavy atom. The molecule has 54 heavy (non-hydrogen) atoms. The van der Waals surface area contributed by atoms with Gasteiger partial charge in [-0.05, 0) is 111 Å². The fraction of sp³-hybridized carbons (Fsp3) is 0.600. The van der Waals surface area contributed by atoms with Gasteiger partial charge in [-0.2, -0.15) is 0 Å². The molecular formula is C45H62N2O7. The lowest BCUT2D eigenvalue weighted by Gasteiger charge is -2.59. The molecule has 6 atom stereocenters. The van der Waals surface area contributed by atoms with Crippen molar-refractivity contribution in [1.82, 2.24) is 4.90 Å². The molecule has 1 amide bonds. The Morgan fingerprint density at radius 2 is 1.72 bits per heavy atom. The number of benzene rings is 2. The van der Waals surface area contributed by atoms with Crippen LogP contribution in [0.25, 0.3) is 0 Å². The molecule has 2 aromatic rings. The summed E-state index contributed by atoms with van der Waals surface area (Å²) < 4.78 is 20.8. The van der Waals surface area contributed by atoms with Crippen LogP contribution in [0, 0.1) is 37.5 Å². The van der Waals surface area contributed by atoms with Crippen molar-refractivity contribution in [3.63, 3.8) is 0 Å². The first-order chi connectivity index (χ1) is 26.2. The lowest BCUT2D eigenvalue weighted by atomic mass is 9.55. The smallest absolute Gasteiger partial charge is 0.239 e. The number of allylic oxidation sites excluding steroid dienone is 1. The maximum Gasteiger partial charge on any atom is 0.239 e. The maximum absolute atomic E-state index is 14.2. The highest BCUT2D eigenvalue weighted by Gasteiger charge is 2.65. The van der Waals surface area contributed by atoms with Crippen molar-refractivity contribution in [1.29, 1.82) is 0 Å². The number of nitrogens with zero attached hydrogens (tertiary/aromatic N) is 2. The highest BCUT2D eigenvalue weighted by atomic mass is 16.7. The van der Waals surface area contributed by atoms with Gasteiger partial charge in [0, 0.05) is 44.6 Å². The van der Waals surface area contributed by atoms with E-state index in [1.807, 2.05) is 30.1 Å². The maximum atomic E-state index is 14.2. The molecule has 6 rings (SSSR count). The predicted octanol–water partition coefficient (Wildman–Crippen LogP) is 8.79. The van der Waals surface area contributed by atoms with E-state index >= 15 is 0 Å². The van der Waals surface area contributed by atoms with E-state index in [9.17, 15) is 15.0 Å². The average Bonchev–Trinajstić information content (AvgIpc) is 3.70. The number of hydrogen-bond donors (Lipinski definition) is 2. The molecule has 2 N–H and O–H groups in total. The summed E-state index contributed by atoms with van der Waals surface area (Å²) in [6, 6.07) is 11.7. The van der Waals surface area contributed by atoms with Crippen molar-refractivity contribution in [2.45, 2.75) is 115 Å². The summed E-state index contributed by atoms with van der Waals surface area (Å²) in [6.07, 6.45) is 15.8. The fourth-order valence-electron chi connectivity index (χ4n) is 9.79. The molecular weight excluding hydrogens is 681 g/mol. The number of rotatable bonds is 18. The zero-order valence-electron chi connectivity index (χ0n) is 32.9. The molecule has 0 bridgehead atoms. The van der Waals surface area contributed by atoms with Crippen LogP contribution in [0.1, 0.15) is 106 Å². The minimum Gasteiger partial charge on any atom is -0.459 e. The van der Waals surface area contributed by atoms with Gasteiger partial charge in [0.1, 0.15) is 30.4 Å². The number of ether oxygens (including phenoxy) is 3. The Kier molecular flexibility index (Phi) is 13.6. The summed E-state index contributed by atoms with van der Waals surface area (Å²) in [5, 5.41) is 24.3. The Bertz CT molecular complexity index is 1660. The first-order valence-corrected chi connectivity index (χ1v) is 20.4. The van der Waals surface area contributed by atoms with Crippen LogP contribution in [-0.2, 0) is 14.4 Å². The number of aliphatic hydroxyl groups excluding tert-OH is 2. The highest BCUT2D eigenvalue weighted by Crippen LogP contribution is 2.62. The molecule has 4 aliphatic rings. The first-order valence-electron chi connectivity index (χ1n) is 20.4. The zero-order valence-corrected chi connectivity index (χ0v) is 32.9. The molecule has 9 heteroatoms. The van der Waals surface area contributed by atoms with E-state index in [0.717, 1.165) is 78.2 Å². The highest BCUT2D eigenvalue weighted by molar-refractivity contribution is 6.03. The number of unbranched alkanes of at least 4 members (excludes halogenated alkanes) is 2. The third-order valence-electron chi connectivity index (χ3n) is 12.7. The summed E-state index contributed by atoms with van der Waals surface area (Å²) in [5.74, 6) is 1.57. The Labute approximate surface area is 322 Å². The van der Waals surface area contributed by atoms with Crippen molar-refractivity contribution in [2.75, 3.05) is 34.0 Å². The normalized spacial score (nSPS) is 26.7. The van der Waals surface area contributed by atoms with E-state index in [1.54, 1.807) is 13.2 Å². The minimum atomic E-state index is -1.23. The van der Waals surface area contributed by atoms with Crippen molar-refractivity contribution < 1.29 is 34.1 Å². The lowest BCUT2D eigenvalue weighted by Crippen LogP contribution is -2.69. The van der Waals surface area contributed by atoms with Crippen LogP contribution in [0.3, 0.4) is 0 Å². The Balaban J connectivity index is 1.50. The standard InChI is InChI=1S/C45H62N2O7/c1-6-25-52-45-41(47(4)42(50)22-18-32-13-7-8-14-32)29-39(46-51-5)37-27-33(15-9-11-23-48)36(16-10-12-24-49)43(44(37)45)38-28-35(20-21-40(38)54-45)53-34-19-17-30(2)31(3)26-34/h6,17,19-21,26-28,32-33,36,41,43-44,48-49H,1,7-16,18,22-25,29H2,2-5H3. The van der Waals surface area contributed by atoms with Crippen LogP contribution in [0.2, 0.25) is 0 Å². The van der Waals surface area contributed by atoms with Gasteiger partial charge >= 0.3 is 0 Å². The van der Waals surface area contributed by atoms with Gasteiger partial charge < -0.3 is 34.2 Å². The van der Waals surface area contributed by atoms with Crippen LogP contribution in [-0.4, -0.2) is 72.5 Å². The van der Waals surface area contributed by atoms with Gasteiger partial charge in [-0.25, -0.2) is 0 Å². The SMILES string of the molecule is C=CCOC12Oc3ccc(Oc4ccc(C)c(C)c4)cc3C3C(CCCCO)C(CCCCO)C=C(C(=NOC)CC1N(C)C(=O)CCC1CCCC1)C32. The van der Waals surface area contributed by atoms with E-state index in [2.05, 4.69) is 49.9 Å².